The molecule has 1 aliphatic rings. The summed E-state index contributed by atoms with van der Waals surface area (Å²) in [7, 11) is -4.44. The summed E-state index contributed by atoms with van der Waals surface area (Å²) in [6, 6.07) is 9.96. The highest BCUT2D eigenvalue weighted by atomic mass is 35.5. The molecule has 0 spiro atoms. The van der Waals surface area contributed by atoms with Gasteiger partial charge < -0.3 is 5.73 Å². The molecule has 0 aromatic heterocycles. The zero-order chi connectivity index (χ0) is 18.2. The Kier molecular flexibility index (Phi) is 6.33. The van der Waals surface area contributed by atoms with Gasteiger partial charge in [0, 0.05) is 31.1 Å². The van der Waals surface area contributed by atoms with Crippen molar-refractivity contribution in [1.82, 2.24) is 4.31 Å². The fourth-order valence-corrected chi connectivity index (χ4v) is 4.86. The Labute approximate surface area is 156 Å². The second-order valence-corrected chi connectivity index (χ2v) is 7.91. The average Bonchev–Trinajstić information content (AvgIpc) is 2.99. The molecule has 0 amide bonds. The molecule has 0 bridgehead atoms. The minimum absolute atomic E-state index is 0. The number of rotatable bonds is 4. The summed E-state index contributed by atoms with van der Waals surface area (Å²) < 4.78 is 67.4. The van der Waals surface area contributed by atoms with Crippen molar-refractivity contribution in [2.75, 3.05) is 19.6 Å². The third-order valence-electron chi connectivity index (χ3n) is 4.50. The molecule has 4 nitrogen and oxygen atoms in total. The molecular formula is C17H18ClF3N2O2S. The molecule has 1 heterocycles. The van der Waals surface area contributed by atoms with Crippen molar-refractivity contribution >= 4 is 22.4 Å². The van der Waals surface area contributed by atoms with Crippen LogP contribution in [0, 0.1) is 23.4 Å². The van der Waals surface area contributed by atoms with Gasteiger partial charge in [-0.2, -0.15) is 4.31 Å². The molecule has 3 rings (SSSR count). The van der Waals surface area contributed by atoms with E-state index in [2.05, 4.69) is 0 Å². The fourth-order valence-electron chi connectivity index (χ4n) is 3.25. The predicted octanol–water partition coefficient (Wildman–Crippen LogP) is 2.89. The van der Waals surface area contributed by atoms with E-state index in [-0.39, 0.29) is 43.9 Å². The smallest absolute Gasteiger partial charge is 0.248 e. The lowest BCUT2D eigenvalue weighted by molar-refractivity contribution is 0.439. The predicted molar refractivity (Wildman–Crippen MR) is 94.1 cm³/mol. The van der Waals surface area contributed by atoms with E-state index in [1.807, 2.05) is 30.3 Å². The van der Waals surface area contributed by atoms with E-state index in [0.717, 1.165) is 9.87 Å². The molecule has 142 valence electrons. The van der Waals surface area contributed by atoms with Gasteiger partial charge in [0.2, 0.25) is 10.0 Å². The topological polar surface area (TPSA) is 63.4 Å². The first-order chi connectivity index (χ1) is 11.8. The van der Waals surface area contributed by atoms with E-state index in [1.54, 1.807) is 0 Å². The number of sulfonamides is 1. The lowest BCUT2D eigenvalue weighted by Crippen LogP contribution is -2.31. The van der Waals surface area contributed by atoms with Crippen molar-refractivity contribution in [3.63, 3.8) is 0 Å². The van der Waals surface area contributed by atoms with Crippen LogP contribution in [0.3, 0.4) is 0 Å². The molecule has 1 aliphatic heterocycles. The van der Waals surface area contributed by atoms with Crippen molar-refractivity contribution in [3.05, 3.63) is 65.5 Å². The van der Waals surface area contributed by atoms with E-state index >= 15 is 0 Å². The summed E-state index contributed by atoms with van der Waals surface area (Å²) in [6.45, 7) is 0.346. The van der Waals surface area contributed by atoms with Gasteiger partial charge in [-0.15, -0.1) is 12.4 Å². The summed E-state index contributed by atoms with van der Waals surface area (Å²) in [6.07, 6.45) is 0. The lowest BCUT2D eigenvalue weighted by atomic mass is 9.89. The van der Waals surface area contributed by atoms with E-state index in [1.165, 1.54) is 0 Å². The van der Waals surface area contributed by atoms with Crippen LogP contribution in [0.15, 0.2) is 47.4 Å². The maximum Gasteiger partial charge on any atom is 0.248 e. The normalized spacial score (nSPS) is 20.8. The van der Waals surface area contributed by atoms with Crippen molar-refractivity contribution in [1.29, 1.82) is 0 Å². The van der Waals surface area contributed by atoms with Gasteiger partial charge in [-0.25, -0.2) is 21.6 Å². The monoisotopic (exact) mass is 406 g/mol. The molecule has 0 radical (unpaired) electrons. The molecule has 0 aliphatic carbocycles. The van der Waals surface area contributed by atoms with Crippen LogP contribution in [0.2, 0.25) is 0 Å². The molecule has 2 atom stereocenters. The fraction of sp³-hybridized carbons (Fsp3) is 0.294. The van der Waals surface area contributed by atoms with Crippen molar-refractivity contribution < 1.29 is 21.6 Å². The van der Waals surface area contributed by atoms with Crippen LogP contribution in [0.25, 0.3) is 0 Å². The van der Waals surface area contributed by atoms with Gasteiger partial charge in [-0.3, -0.25) is 0 Å². The molecule has 1 fully saturated rings. The second-order valence-electron chi connectivity index (χ2n) is 6.03. The number of halogens is 4. The zero-order valence-electron chi connectivity index (χ0n) is 13.6. The molecule has 0 unspecified atom stereocenters. The molecule has 2 aromatic carbocycles. The van der Waals surface area contributed by atoms with E-state index in [9.17, 15) is 21.6 Å². The Morgan fingerprint density at radius 2 is 1.62 bits per heavy atom. The third kappa shape index (κ3) is 3.73. The van der Waals surface area contributed by atoms with Crippen molar-refractivity contribution in [2.24, 2.45) is 11.7 Å². The Hall–Kier alpha value is -1.61. The maximum atomic E-state index is 13.9. The maximum absolute atomic E-state index is 13.9. The first-order valence-electron chi connectivity index (χ1n) is 7.74. The highest BCUT2D eigenvalue weighted by molar-refractivity contribution is 7.89. The first kappa shape index (κ1) is 20.7. The van der Waals surface area contributed by atoms with Crippen LogP contribution in [0.5, 0.6) is 0 Å². The first-order valence-corrected chi connectivity index (χ1v) is 9.18. The summed E-state index contributed by atoms with van der Waals surface area (Å²) >= 11 is 0. The van der Waals surface area contributed by atoms with E-state index < -0.39 is 32.4 Å². The second kappa shape index (κ2) is 7.96. The Bertz CT molecular complexity index is 858. The van der Waals surface area contributed by atoms with Gasteiger partial charge in [0.25, 0.3) is 0 Å². The Morgan fingerprint density at radius 3 is 2.15 bits per heavy atom. The SMILES string of the molecule is Cl.NC[C@@H]1CN(S(=O)(=O)c2c(F)cc(F)cc2F)C[C@H]1c1ccccc1. The molecule has 2 N–H and O–H groups in total. The van der Waals surface area contributed by atoms with Crippen LogP contribution >= 0.6 is 12.4 Å². The summed E-state index contributed by atoms with van der Waals surface area (Å²) in [5, 5.41) is 0. The average molecular weight is 407 g/mol. The third-order valence-corrected chi connectivity index (χ3v) is 6.38. The quantitative estimate of drug-likeness (QED) is 0.849. The number of benzene rings is 2. The van der Waals surface area contributed by atoms with Gasteiger partial charge in [-0.1, -0.05) is 30.3 Å². The summed E-state index contributed by atoms with van der Waals surface area (Å²) in [5.41, 5.74) is 6.68. The number of nitrogens with zero attached hydrogens (tertiary/aromatic N) is 1. The summed E-state index contributed by atoms with van der Waals surface area (Å²) in [5.74, 6) is -4.40. The van der Waals surface area contributed by atoms with Gasteiger partial charge in [0.1, 0.15) is 17.5 Å². The minimum atomic E-state index is -4.44. The van der Waals surface area contributed by atoms with Crippen LogP contribution in [0.1, 0.15) is 11.5 Å². The van der Waals surface area contributed by atoms with E-state index in [4.69, 9.17) is 5.73 Å². The largest absolute Gasteiger partial charge is 0.330 e. The Morgan fingerprint density at radius 1 is 1.04 bits per heavy atom. The molecule has 0 saturated carbocycles. The molecule has 1 saturated heterocycles. The highest BCUT2D eigenvalue weighted by Crippen LogP contribution is 2.36. The van der Waals surface area contributed by atoms with Crippen LogP contribution < -0.4 is 5.73 Å². The summed E-state index contributed by atoms with van der Waals surface area (Å²) in [4.78, 5) is -1.13. The van der Waals surface area contributed by atoms with Gasteiger partial charge in [-0.05, 0) is 18.0 Å². The van der Waals surface area contributed by atoms with Gasteiger partial charge in [0.05, 0.1) is 0 Å². The van der Waals surface area contributed by atoms with Crippen molar-refractivity contribution in [3.8, 4) is 0 Å². The zero-order valence-corrected chi connectivity index (χ0v) is 15.2. The van der Waals surface area contributed by atoms with Gasteiger partial charge >= 0.3 is 0 Å². The van der Waals surface area contributed by atoms with Crippen LogP contribution in [-0.2, 0) is 10.0 Å². The Balaban J connectivity index is 0.00000243. The standard InChI is InChI=1S/C17H17F3N2O2S.ClH/c18-13-6-15(19)17(16(20)7-13)25(23,24)22-9-12(8-21)14(10-22)11-4-2-1-3-5-11;/h1-7,12,14H,8-10,21H2;1H/t12-,14+;/m1./s1. The molecule has 26 heavy (non-hydrogen) atoms. The van der Waals surface area contributed by atoms with Crippen molar-refractivity contribution in [2.45, 2.75) is 10.8 Å². The number of nitrogens with two attached hydrogens (primary N) is 1. The lowest BCUT2D eigenvalue weighted by Gasteiger charge is -2.17. The highest BCUT2D eigenvalue weighted by Gasteiger charge is 2.41. The van der Waals surface area contributed by atoms with Gasteiger partial charge in [0.15, 0.2) is 4.90 Å². The minimum Gasteiger partial charge on any atom is -0.330 e. The molecule has 9 heteroatoms. The number of hydrogen-bond acceptors (Lipinski definition) is 3. The van der Waals surface area contributed by atoms with Crippen LogP contribution in [0.4, 0.5) is 13.2 Å². The molecule has 2 aromatic rings. The molecular weight excluding hydrogens is 389 g/mol. The number of hydrogen-bond donors (Lipinski definition) is 1. The van der Waals surface area contributed by atoms with Crippen LogP contribution in [-0.4, -0.2) is 32.4 Å². The van der Waals surface area contributed by atoms with E-state index in [0.29, 0.717) is 12.1 Å².